The van der Waals surface area contributed by atoms with Crippen molar-refractivity contribution in [3.63, 3.8) is 0 Å². The number of likely N-dealkylation sites (N-methyl/N-ethyl adjacent to an activating group) is 1. The Hall–Kier alpha value is -1.46. The van der Waals surface area contributed by atoms with Crippen LogP contribution in [0.25, 0.3) is 0 Å². The molecule has 0 amide bonds. The van der Waals surface area contributed by atoms with E-state index in [1.807, 2.05) is 18.0 Å². The zero-order chi connectivity index (χ0) is 12.0. The van der Waals surface area contributed by atoms with E-state index in [0.717, 1.165) is 12.2 Å². The molecule has 1 aromatic heterocycles. The minimum atomic E-state index is -0.414. The van der Waals surface area contributed by atoms with Crippen molar-refractivity contribution in [3.05, 3.63) is 29.6 Å². The van der Waals surface area contributed by atoms with Gasteiger partial charge in [-0.2, -0.15) is 0 Å². The maximum atomic E-state index is 11.3. The lowest BCUT2D eigenvalue weighted by Crippen LogP contribution is -2.25. The van der Waals surface area contributed by atoms with E-state index in [-0.39, 0.29) is 0 Å². The van der Waals surface area contributed by atoms with Crippen molar-refractivity contribution in [2.45, 2.75) is 6.54 Å². The van der Waals surface area contributed by atoms with Crippen LogP contribution in [0, 0.1) is 0 Å². The predicted octanol–water partition coefficient (Wildman–Crippen LogP) is 0.259. The number of hydrogen-bond acceptors (Lipinski definition) is 5. The van der Waals surface area contributed by atoms with E-state index in [9.17, 15) is 4.79 Å². The molecule has 0 unspecified atom stereocenters. The third kappa shape index (κ3) is 3.60. The minimum absolute atomic E-state index is 0.334. The Balaban J connectivity index is 2.70. The largest absolute Gasteiger partial charge is 0.464 e. The summed E-state index contributed by atoms with van der Waals surface area (Å²) in [4.78, 5) is 17.5. The summed E-state index contributed by atoms with van der Waals surface area (Å²) >= 11 is 0. The first kappa shape index (κ1) is 12.6. The number of aromatic nitrogens is 1. The highest BCUT2D eigenvalue weighted by Crippen LogP contribution is 2.03. The van der Waals surface area contributed by atoms with E-state index in [0.29, 0.717) is 18.8 Å². The summed E-state index contributed by atoms with van der Waals surface area (Å²) in [6, 6.07) is 5.31. The molecule has 0 aromatic carbocycles. The van der Waals surface area contributed by atoms with Gasteiger partial charge in [-0.3, -0.25) is 4.90 Å². The summed E-state index contributed by atoms with van der Waals surface area (Å²) in [5.74, 6) is -0.414. The fraction of sp³-hybridized carbons (Fsp3) is 0.455. The van der Waals surface area contributed by atoms with Gasteiger partial charge in [-0.25, -0.2) is 9.78 Å². The molecule has 0 spiro atoms. The molecule has 1 aromatic rings. The smallest absolute Gasteiger partial charge is 0.356 e. The standard InChI is InChI=1S/C11H17N3O2/c1-14(7-6-12)8-9-4-3-5-10(13-9)11(15)16-2/h3-5H,6-8,12H2,1-2H3. The molecule has 5 heteroatoms. The maximum Gasteiger partial charge on any atom is 0.356 e. The maximum absolute atomic E-state index is 11.3. The Morgan fingerprint density at radius 3 is 2.94 bits per heavy atom. The normalized spacial score (nSPS) is 10.5. The third-order valence-corrected chi connectivity index (χ3v) is 2.14. The van der Waals surface area contributed by atoms with E-state index in [2.05, 4.69) is 9.72 Å². The number of hydrogen-bond donors (Lipinski definition) is 1. The Morgan fingerprint density at radius 2 is 2.31 bits per heavy atom. The Kier molecular flexibility index (Phi) is 4.88. The highest BCUT2D eigenvalue weighted by molar-refractivity contribution is 5.87. The minimum Gasteiger partial charge on any atom is -0.464 e. The number of methoxy groups -OCH3 is 1. The molecule has 0 aliphatic rings. The van der Waals surface area contributed by atoms with Crippen LogP contribution in [0.15, 0.2) is 18.2 Å². The lowest BCUT2D eigenvalue weighted by Gasteiger charge is -2.14. The highest BCUT2D eigenvalue weighted by atomic mass is 16.5. The van der Waals surface area contributed by atoms with E-state index >= 15 is 0 Å². The molecule has 1 rings (SSSR count). The van der Waals surface area contributed by atoms with Gasteiger partial charge >= 0.3 is 5.97 Å². The topological polar surface area (TPSA) is 68.5 Å². The average molecular weight is 223 g/mol. The van der Waals surface area contributed by atoms with Crippen molar-refractivity contribution in [2.75, 3.05) is 27.2 Å². The monoisotopic (exact) mass is 223 g/mol. The van der Waals surface area contributed by atoms with E-state index in [1.54, 1.807) is 12.1 Å². The SMILES string of the molecule is COC(=O)c1cccc(CN(C)CCN)n1. The number of ether oxygens (including phenoxy) is 1. The molecule has 0 bridgehead atoms. The first-order valence-corrected chi connectivity index (χ1v) is 5.10. The van der Waals surface area contributed by atoms with Gasteiger partial charge in [-0.15, -0.1) is 0 Å². The number of carbonyl (C=O) groups is 1. The van der Waals surface area contributed by atoms with Crippen molar-refractivity contribution in [2.24, 2.45) is 5.73 Å². The van der Waals surface area contributed by atoms with Crippen LogP contribution < -0.4 is 5.73 Å². The molecule has 0 fully saturated rings. The van der Waals surface area contributed by atoms with Gasteiger partial charge in [0, 0.05) is 19.6 Å². The van der Waals surface area contributed by atoms with Gasteiger partial charge in [0.1, 0.15) is 5.69 Å². The number of rotatable bonds is 5. The summed E-state index contributed by atoms with van der Waals surface area (Å²) < 4.78 is 4.61. The van der Waals surface area contributed by atoms with E-state index in [4.69, 9.17) is 5.73 Å². The molecule has 0 aliphatic carbocycles. The molecule has 88 valence electrons. The van der Waals surface area contributed by atoms with Gasteiger partial charge in [-0.05, 0) is 19.2 Å². The highest BCUT2D eigenvalue weighted by Gasteiger charge is 2.08. The van der Waals surface area contributed by atoms with Crippen molar-refractivity contribution >= 4 is 5.97 Å². The summed E-state index contributed by atoms with van der Waals surface area (Å²) in [5.41, 5.74) is 6.61. The molecule has 0 atom stereocenters. The fourth-order valence-corrected chi connectivity index (χ4v) is 1.36. The second-order valence-corrected chi connectivity index (χ2v) is 3.53. The molecule has 0 saturated carbocycles. The van der Waals surface area contributed by atoms with Crippen molar-refractivity contribution in [3.8, 4) is 0 Å². The van der Waals surface area contributed by atoms with Crippen LogP contribution in [0.4, 0.5) is 0 Å². The van der Waals surface area contributed by atoms with E-state index < -0.39 is 5.97 Å². The second kappa shape index (κ2) is 6.19. The number of pyridine rings is 1. The molecule has 16 heavy (non-hydrogen) atoms. The molecule has 0 saturated heterocycles. The zero-order valence-corrected chi connectivity index (χ0v) is 9.64. The molecule has 0 radical (unpaired) electrons. The fourth-order valence-electron chi connectivity index (χ4n) is 1.36. The van der Waals surface area contributed by atoms with Crippen LogP contribution in [-0.4, -0.2) is 43.1 Å². The van der Waals surface area contributed by atoms with Crippen LogP contribution >= 0.6 is 0 Å². The first-order chi connectivity index (χ1) is 7.67. The van der Waals surface area contributed by atoms with Crippen LogP contribution in [-0.2, 0) is 11.3 Å². The third-order valence-electron chi connectivity index (χ3n) is 2.14. The van der Waals surface area contributed by atoms with Gasteiger partial charge in [0.25, 0.3) is 0 Å². The molecular formula is C11H17N3O2. The second-order valence-electron chi connectivity index (χ2n) is 3.53. The van der Waals surface area contributed by atoms with Gasteiger partial charge in [-0.1, -0.05) is 6.07 Å². The quantitative estimate of drug-likeness (QED) is 0.725. The molecule has 0 aliphatic heterocycles. The molecular weight excluding hydrogens is 206 g/mol. The van der Waals surface area contributed by atoms with E-state index in [1.165, 1.54) is 7.11 Å². The summed E-state index contributed by atoms with van der Waals surface area (Å²) in [6.07, 6.45) is 0. The zero-order valence-electron chi connectivity index (χ0n) is 9.64. The van der Waals surface area contributed by atoms with Gasteiger partial charge < -0.3 is 10.5 Å². The van der Waals surface area contributed by atoms with Gasteiger partial charge in [0.15, 0.2) is 0 Å². The summed E-state index contributed by atoms with van der Waals surface area (Å²) in [7, 11) is 3.30. The Labute approximate surface area is 95.2 Å². The number of nitrogens with zero attached hydrogens (tertiary/aromatic N) is 2. The number of nitrogens with two attached hydrogens (primary N) is 1. The van der Waals surface area contributed by atoms with Crippen LogP contribution in [0.5, 0.6) is 0 Å². The van der Waals surface area contributed by atoms with Crippen molar-refractivity contribution < 1.29 is 9.53 Å². The molecule has 2 N–H and O–H groups in total. The number of carbonyl (C=O) groups excluding carboxylic acids is 1. The van der Waals surface area contributed by atoms with Gasteiger partial charge in [0.2, 0.25) is 0 Å². The number of esters is 1. The molecule has 5 nitrogen and oxygen atoms in total. The lowest BCUT2D eigenvalue weighted by atomic mass is 10.3. The Bertz CT molecular complexity index is 355. The molecule has 1 heterocycles. The Morgan fingerprint density at radius 1 is 1.56 bits per heavy atom. The van der Waals surface area contributed by atoms with Crippen LogP contribution in [0.1, 0.15) is 16.2 Å². The average Bonchev–Trinajstić information content (AvgIpc) is 2.28. The van der Waals surface area contributed by atoms with Crippen molar-refractivity contribution in [1.29, 1.82) is 0 Å². The van der Waals surface area contributed by atoms with Crippen molar-refractivity contribution in [1.82, 2.24) is 9.88 Å². The summed E-state index contributed by atoms with van der Waals surface area (Å²) in [5, 5.41) is 0. The van der Waals surface area contributed by atoms with Crippen LogP contribution in [0.3, 0.4) is 0 Å². The van der Waals surface area contributed by atoms with Crippen LogP contribution in [0.2, 0.25) is 0 Å². The summed E-state index contributed by atoms with van der Waals surface area (Å²) in [6.45, 7) is 2.07. The lowest BCUT2D eigenvalue weighted by molar-refractivity contribution is 0.0593. The first-order valence-electron chi connectivity index (χ1n) is 5.10. The van der Waals surface area contributed by atoms with Gasteiger partial charge in [0.05, 0.1) is 12.8 Å². The predicted molar refractivity (Wildman–Crippen MR) is 61.0 cm³/mol.